The van der Waals surface area contributed by atoms with Crippen LogP contribution in [0.1, 0.15) is 48.7 Å². The minimum Gasteiger partial charge on any atom is -0.490 e. The van der Waals surface area contributed by atoms with E-state index in [2.05, 4.69) is 15.6 Å². The Morgan fingerprint density at radius 1 is 1.28 bits per heavy atom. The first kappa shape index (κ1) is 20.9. The highest BCUT2D eigenvalue weighted by atomic mass is 16.5. The Hall–Kier alpha value is -2.87. The first-order chi connectivity index (χ1) is 13.8. The van der Waals surface area contributed by atoms with Crippen molar-refractivity contribution in [1.82, 2.24) is 15.6 Å². The number of carbonyl (C=O) groups excluding carboxylic acids is 1. The lowest BCUT2D eigenvalue weighted by Gasteiger charge is -2.30. The van der Waals surface area contributed by atoms with Gasteiger partial charge < -0.3 is 26.2 Å². The second-order valence-electron chi connectivity index (χ2n) is 7.55. The van der Waals surface area contributed by atoms with E-state index < -0.39 is 5.97 Å². The predicted molar refractivity (Wildman–Crippen MR) is 111 cm³/mol. The summed E-state index contributed by atoms with van der Waals surface area (Å²) in [5, 5.41) is 16.0. The number of nitrogen functional groups attached to an aromatic ring is 1. The van der Waals surface area contributed by atoms with E-state index in [1.165, 1.54) is 0 Å². The molecule has 0 bridgehead atoms. The van der Waals surface area contributed by atoms with E-state index in [1.54, 1.807) is 26.1 Å². The van der Waals surface area contributed by atoms with Gasteiger partial charge in [-0.25, -0.2) is 4.79 Å². The monoisotopic (exact) mass is 400 g/mol. The van der Waals surface area contributed by atoms with E-state index in [-0.39, 0.29) is 35.3 Å². The van der Waals surface area contributed by atoms with Crippen molar-refractivity contribution < 1.29 is 19.4 Å². The number of fused-ring (bicyclic) bond motifs is 1. The highest BCUT2D eigenvalue weighted by Crippen LogP contribution is 2.35. The van der Waals surface area contributed by atoms with Crippen LogP contribution in [0.3, 0.4) is 0 Å². The SMILES string of the molecule is CN[C@@H](C)C(=O)N[C@H]1CC[C@H](Oc2cccc3nc(C)c(C(=O)O)c(N)c23)CC1. The van der Waals surface area contributed by atoms with E-state index >= 15 is 0 Å². The third kappa shape index (κ3) is 4.42. The van der Waals surface area contributed by atoms with Crippen molar-refractivity contribution >= 4 is 28.5 Å². The van der Waals surface area contributed by atoms with Crippen LogP contribution in [0.25, 0.3) is 10.9 Å². The van der Waals surface area contributed by atoms with Crippen LogP contribution in [0.5, 0.6) is 5.75 Å². The van der Waals surface area contributed by atoms with Crippen molar-refractivity contribution in [3.05, 3.63) is 29.5 Å². The lowest BCUT2D eigenvalue weighted by Crippen LogP contribution is -2.47. The first-order valence-corrected chi connectivity index (χ1v) is 9.88. The number of pyridine rings is 1. The summed E-state index contributed by atoms with van der Waals surface area (Å²) in [4.78, 5) is 28.0. The van der Waals surface area contributed by atoms with Crippen molar-refractivity contribution in [2.24, 2.45) is 0 Å². The molecule has 3 rings (SSSR count). The molecule has 156 valence electrons. The summed E-state index contributed by atoms with van der Waals surface area (Å²) >= 11 is 0. The largest absolute Gasteiger partial charge is 0.490 e. The van der Waals surface area contributed by atoms with Crippen LogP contribution in [0.2, 0.25) is 0 Å². The van der Waals surface area contributed by atoms with Crippen molar-refractivity contribution in [1.29, 1.82) is 0 Å². The van der Waals surface area contributed by atoms with E-state index in [0.29, 0.717) is 22.3 Å². The maximum Gasteiger partial charge on any atom is 0.339 e. The minimum atomic E-state index is -1.10. The van der Waals surface area contributed by atoms with Crippen LogP contribution < -0.4 is 21.1 Å². The minimum absolute atomic E-state index is 0.00124. The molecular formula is C21H28N4O4. The van der Waals surface area contributed by atoms with Gasteiger partial charge in [0, 0.05) is 6.04 Å². The number of aryl methyl sites for hydroxylation is 1. The molecule has 1 aromatic carbocycles. The maximum atomic E-state index is 12.0. The number of carbonyl (C=O) groups is 2. The predicted octanol–water partition coefficient (Wildman–Crippen LogP) is 2.24. The van der Waals surface area contributed by atoms with Gasteiger partial charge in [-0.2, -0.15) is 0 Å². The molecular weight excluding hydrogens is 372 g/mol. The fourth-order valence-electron chi connectivity index (χ4n) is 3.77. The van der Waals surface area contributed by atoms with Gasteiger partial charge in [-0.15, -0.1) is 0 Å². The molecule has 1 aromatic heterocycles. The van der Waals surface area contributed by atoms with E-state index in [9.17, 15) is 14.7 Å². The summed E-state index contributed by atoms with van der Waals surface area (Å²) in [5.74, 6) is -0.552. The molecule has 29 heavy (non-hydrogen) atoms. The number of aromatic nitrogens is 1. The second kappa shape index (κ2) is 8.65. The van der Waals surface area contributed by atoms with E-state index in [0.717, 1.165) is 25.7 Å². The molecule has 1 saturated carbocycles. The summed E-state index contributed by atoms with van der Waals surface area (Å²) in [6.07, 6.45) is 3.21. The number of nitrogens with one attached hydrogen (secondary N) is 2. The number of anilines is 1. The number of benzene rings is 1. The van der Waals surface area contributed by atoms with Crippen molar-refractivity contribution in [3.8, 4) is 5.75 Å². The highest BCUT2D eigenvalue weighted by Gasteiger charge is 2.26. The van der Waals surface area contributed by atoms with Crippen LogP contribution in [-0.4, -0.2) is 47.2 Å². The zero-order valence-electron chi connectivity index (χ0n) is 17.0. The zero-order chi connectivity index (χ0) is 21.1. The molecule has 1 amide bonds. The molecule has 5 N–H and O–H groups in total. The summed E-state index contributed by atoms with van der Waals surface area (Å²) in [6.45, 7) is 3.47. The van der Waals surface area contributed by atoms with E-state index in [1.807, 2.05) is 13.0 Å². The molecule has 1 fully saturated rings. The molecule has 0 unspecified atom stereocenters. The summed E-state index contributed by atoms with van der Waals surface area (Å²) < 4.78 is 6.21. The number of hydrogen-bond donors (Lipinski definition) is 4. The topological polar surface area (TPSA) is 127 Å². The molecule has 0 aliphatic heterocycles. The molecule has 0 saturated heterocycles. The van der Waals surface area contributed by atoms with Crippen LogP contribution in [0, 0.1) is 6.92 Å². The number of nitrogens with two attached hydrogens (primary N) is 1. The number of carboxylic acids is 1. The number of nitrogens with zero attached hydrogens (tertiary/aromatic N) is 1. The van der Waals surface area contributed by atoms with Gasteiger partial charge in [0.15, 0.2) is 0 Å². The number of amides is 1. The Kier molecular flexibility index (Phi) is 6.22. The number of rotatable bonds is 6. The molecule has 2 aromatic rings. The quantitative estimate of drug-likeness (QED) is 0.586. The van der Waals surface area contributed by atoms with Gasteiger partial charge in [-0.1, -0.05) is 6.07 Å². The normalized spacial score (nSPS) is 20.2. The maximum absolute atomic E-state index is 12.0. The lowest BCUT2D eigenvalue weighted by molar-refractivity contribution is -0.123. The number of aromatic carboxylic acids is 1. The van der Waals surface area contributed by atoms with Crippen molar-refractivity contribution in [2.75, 3.05) is 12.8 Å². The molecule has 1 atom stereocenters. The second-order valence-corrected chi connectivity index (χ2v) is 7.55. The van der Waals surface area contributed by atoms with Gasteiger partial charge in [0.25, 0.3) is 0 Å². The van der Waals surface area contributed by atoms with Crippen LogP contribution >= 0.6 is 0 Å². The van der Waals surface area contributed by atoms with Crippen LogP contribution in [0.15, 0.2) is 18.2 Å². The Labute approximate surface area is 169 Å². The molecule has 1 aliphatic rings. The lowest BCUT2D eigenvalue weighted by atomic mass is 9.92. The van der Waals surface area contributed by atoms with Gasteiger partial charge in [0.1, 0.15) is 11.3 Å². The van der Waals surface area contributed by atoms with Crippen molar-refractivity contribution in [3.63, 3.8) is 0 Å². The molecule has 8 heteroatoms. The zero-order valence-corrected chi connectivity index (χ0v) is 17.0. The van der Waals surface area contributed by atoms with E-state index in [4.69, 9.17) is 10.5 Å². The fourth-order valence-corrected chi connectivity index (χ4v) is 3.77. The summed E-state index contributed by atoms with van der Waals surface area (Å²) in [6, 6.07) is 5.34. The third-order valence-electron chi connectivity index (χ3n) is 5.55. The molecule has 1 aliphatic carbocycles. The molecule has 1 heterocycles. The third-order valence-corrected chi connectivity index (χ3v) is 5.55. The Morgan fingerprint density at radius 2 is 1.97 bits per heavy atom. The van der Waals surface area contributed by atoms with Gasteiger partial charge in [-0.05, 0) is 58.7 Å². The molecule has 0 spiro atoms. The van der Waals surface area contributed by atoms with Crippen LogP contribution in [0.4, 0.5) is 5.69 Å². The molecule has 0 radical (unpaired) electrons. The average Bonchev–Trinajstić information content (AvgIpc) is 2.68. The fraction of sp³-hybridized carbons (Fsp3) is 0.476. The van der Waals surface area contributed by atoms with Gasteiger partial charge in [0.05, 0.1) is 34.4 Å². The van der Waals surface area contributed by atoms with Crippen molar-refractivity contribution in [2.45, 2.75) is 57.7 Å². The summed E-state index contributed by atoms with van der Waals surface area (Å²) in [5.41, 5.74) is 7.38. The Bertz CT molecular complexity index is 923. The standard InChI is InChI=1S/C21H28N4O4/c1-11-17(21(27)28)19(22)18-15(24-11)5-4-6-16(18)29-14-9-7-13(8-10-14)25-20(26)12(2)23-3/h4-6,12-14,23H,7-10H2,1-3H3,(H2,22,24)(H,25,26)(H,27,28)/t12-,13-,14-/m0/s1. The molecule has 8 nitrogen and oxygen atoms in total. The van der Waals surface area contributed by atoms with Gasteiger partial charge in [0.2, 0.25) is 5.91 Å². The number of carboxylic acid groups (broad SMARTS) is 1. The van der Waals surface area contributed by atoms with Gasteiger partial charge >= 0.3 is 5.97 Å². The Balaban J connectivity index is 1.74. The average molecular weight is 400 g/mol. The number of likely N-dealkylation sites (N-methyl/N-ethyl adjacent to an activating group) is 1. The number of hydrogen-bond acceptors (Lipinski definition) is 6. The smallest absolute Gasteiger partial charge is 0.339 e. The first-order valence-electron chi connectivity index (χ1n) is 9.88. The van der Waals surface area contributed by atoms with Crippen LogP contribution in [-0.2, 0) is 4.79 Å². The Morgan fingerprint density at radius 3 is 2.59 bits per heavy atom. The highest BCUT2D eigenvalue weighted by molar-refractivity contribution is 6.06. The van der Waals surface area contributed by atoms with Gasteiger partial charge in [-0.3, -0.25) is 9.78 Å². The summed E-state index contributed by atoms with van der Waals surface area (Å²) in [7, 11) is 1.76. The number of ether oxygens (including phenoxy) is 1.